The van der Waals surface area contributed by atoms with Crippen LogP contribution in [0, 0.1) is 6.92 Å². The molecule has 0 spiro atoms. The lowest BCUT2D eigenvalue weighted by atomic mass is 10.2. The van der Waals surface area contributed by atoms with Crippen LogP contribution in [-0.2, 0) is 4.79 Å². The van der Waals surface area contributed by atoms with Crippen LogP contribution >= 0.6 is 11.3 Å². The second-order valence-electron chi connectivity index (χ2n) is 7.71. The smallest absolute Gasteiger partial charge is 0.319 e. The average molecular weight is 409 g/mol. The Morgan fingerprint density at radius 1 is 1.21 bits per heavy atom. The average Bonchev–Trinajstić information content (AvgIpc) is 3.25. The highest BCUT2D eigenvalue weighted by molar-refractivity contribution is 7.21. The van der Waals surface area contributed by atoms with E-state index < -0.39 is 0 Å². The SMILES string of the molecule is Cc1ccc2nc(-c3ccc(NC(=O)NC4CC(=O)N(C(C)C)C4)cc3)sc2c1. The van der Waals surface area contributed by atoms with Crippen LogP contribution in [0.2, 0.25) is 0 Å². The van der Waals surface area contributed by atoms with Crippen LogP contribution in [-0.4, -0.2) is 40.5 Å². The third-order valence-corrected chi connectivity index (χ3v) is 6.12. The number of hydrogen-bond acceptors (Lipinski definition) is 4. The van der Waals surface area contributed by atoms with Gasteiger partial charge in [-0.1, -0.05) is 6.07 Å². The van der Waals surface area contributed by atoms with Crippen molar-refractivity contribution in [3.63, 3.8) is 0 Å². The van der Waals surface area contributed by atoms with Gasteiger partial charge in [0.1, 0.15) is 5.01 Å². The predicted octanol–water partition coefficient (Wildman–Crippen LogP) is 4.40. The van der Waals surface area contributed by atoms with E-state index in [4.69, 9.17) is 4.98 Å². The quantitative estimate of drug-likeness (QED) is 0.672. The zero-order valence-corrected chi connectivity index (χ0v) is 17.5. The molecule has 29 heavy (non-hydrogen) atoms. The maximum Gasteiger partial charge on any atom is 0.319 e. The number of likely N-dealkylation sites (tertiary alicyclic amines) is 1. The molecule has 1 fully saturated rings. The van der Waals surface area contributed by atoms with Crippen LogP contribution in [0.5, 0.6) is 0 Å². The van der Waals surface area contributed by atoms with E-state index in [-0.39, 0.29) is 24.0 Å². The van der Waals surface area contributed by atoms with Gasteiger partial charge in [-0.2, -0.15) is 0 Å². The summed E-state index contributed by atoms with van der Waals surface area (Å²) in [5, 5.41) is 6.69. The molecule has 1 atom stereocenters. The maximum absolute atomic E-state index is 12.3. The number of anilines is 1. The molecule has 150 valence electrons. The van der Waals surface area contributed by atoms with Crippen molar-refractivity contribution in [2.75, 3.05) is 11.9 Å². The molecule has 2 heterocycles. The number of benzene rings is 2. The maximum atomic E-state index is 12.3. The molecule has 2 aromatic carbocycles. The molecule has 6 nitrogen and oxygen atoms in total. The first-order valence-electron chi connectivity index (χ1n) is 9.73. The Labute approximate surface area is 173 Å². The van der Waals surface area contributed by atoms with Crippen LogP contribution < -0.4 is 10.6 Å². The Balaban J connectivity index is 1.39. The largest absolute Gasteiger partial charge is 0.338 e. The summed E-state index contributed by atoms with van der Waals surface area (Å²) in [6, 6.07) is 13.6. The van der Waals surface area contributed by atoms with Crippen LogP contribution in [0.25, 0.3) is 20.8 Å². The number of thiazole rings is 1. The van der Waals surface area contributed by atoms with Crippen LogP contribution in [0.3, 0.4) is 0 Å². The van der Waals surface area contributed by atoms with E-state index in [1.807, 2.05) is 44.2 Å². The van der Waals surface area contributed by atoms with Crippen LogP contribution in [0.1, 0.15) is 25.8 Å². The van der Waals surface area contributed by atoms with E-state index in [1.54, 1.807) is 16.2 Å². The number of carbonyl (C=O) groups is 2. The lowest BCUT2D eigenvalue weighted by molar-refractivity contribution is -0.129. The first-order valence-corrected chi connectivity index (χ1v) is 10.6. The highest BCUT2D eigenvalue weighted by atomic mass is 32.1. The number of carbonyl (C=O) groups excluding carboxylic acids is 2. The van der Waals surface area contributed by atoms with Crippen LogP contribution in [0.4, 0.5) is 10.5 Å². The molecule has 1 unspecified atom stereocenters. The number of aromatic nitrogens is 1. The van der Waals surface area contributed by atoms with Gasteiger partial charge in [-0.05, 0) is 62.7 Å². The summed E-state index contributed by atoms with van der Waals surface area (Å²) in [5.41, 5.74) is 3.94. The van der Waals surface area contributed by atoms with Crippen molar-refractivity contribution >= 4 is 39.2 Å². The molecule has 1 aromatic heterocycles. The van der Waals surface area contributed by atoms with Crippen molar-refractivity contribution in [1.82, 2.24) is 15.2 Å². The summed E-state index contributed by atoms with van der Waals surface area (Å²) in [6.07, 6.45) is 0.349. The molecule has 7 heteroatoms. The number of nitrogens with one attached hydrogen (secondary N) is 2. The number of rotatable bonds is 4. The molecular weight excluding hydrogens is 384 g/mol. The number of hydrogen-bond donors (Lipinski definition) is 2. The van der Waals surface area contributed by atoms with Gasteiger partial charge in [0.15, 0.2) is 0 Å². The lowest BCUT2D eigenvalue weighted by Gasteiger charge is -2.21. The Hall–Kier alpha value is -2.93. The monoisotopic (exact) mass is 408 g/mol. The molecule has 0 radical (unpaired) electrons. The highest BCUT2D eigenvalue weighted by Gasteiger charge is 2.31. The summed E-state index contributed by atoms with van der Waals surface area (Å²) in [6.45, 7) is 6.59. The van der Waals surface area contributed by atoms with Crippen molar-refractivity contribution in [3.05, 3.63) is 48.0 Å². The molecule has 1 saturated heterocycles. The normalized spacial score (nSPS) is 16.6. The van der Waals surface area contributed by atoms with E-state index in [9.17, 15) is 9.59 Å². The molecule has 4 rings (SSSR count). The van der Waals surface area contributed by atoms with Gasteiger partial charge in [0, 0.05) is 30.3 Å². The second-order valence-corrected chi connectivity index (χ2v) is 8.74. The molecule has 2 N–H and O–H groups in total. The minimum atomic E-state index is -0.295. The van der Waals surface area contributed by atoms with Crippen molar-refractivity contribution in [1.29, 1.82) is 0 Å². The molecule has 1 aliphatic heterocycles. The number of aryl methyl sites for hydroxylation is 1. The molecule has 1 aliphatic rings. The molecule has 0 bridgehead atoms. The highest BCUT2D eigenvalue weighted by Crippen LogP contribution is 2.31. The molecule has 3 aromatic rings. The molecule has 3 amide bonds. The summed E-state index contributed by atoms with van der Waals surface area (Å²) in [7, 11) is 0. The van der Waals surface area contributed by atoms with Gasteiger partial charge in [0.05, 0.1) is 16.3 Å². The van der Waals surface area contributed by atoms with Crippen molar-refractivity contribution < 1.29 is 9.59 Å². The predicted molar refractivity (Wildman–Crippen MR) is 117 cm³/mol. The summed E-state index contributed by atoms with van der Waals surface area (Å²) >= 11 is 1.66. The molecule has 0 aliphatic carbocycles. The Bertz CT molecular complexity index is 1060. The summed E-state index contributed by atoms with van der Waals surface area (Å²) in [4.78, 5) is 30.7. The van der Waals surface area contributed by atoms with E-state index in [1.165, 1.54) is 10.3 Å². The Morgan fingerprint density at radius 2 is 1.97 bits per heavy atom. The first-order chi connectivity index (χ1) is 13.9. The van der Waals surface area contributed by atoms with Gasteiger partial charge in [-0.25, -0.2) is 9.78 Å². The van der Waals surface area contributed by atoms with Crippen molar-refractivity contribution in [2.24, 2.45) is 0 Å². The van der Waals surface area contributed by atoms with Gasteiger partial charge in [0.2, 0.25) is 5.91 Å². The topological polar surface area (TPSA) is 74.3 Å². The fraction of sp³-hybridized carbons (Fsp3) is 0.318. The van der Waals surface area contributed by atoms with Gasteiger partial charge < -0.3 is 15.5 Å². The second kappa shape index (κ2) is 7.83. The van der Waals surface area contributed by atoms with E-state index in [2.05, 4.69) is 29.7 Å². The third-order valence-electron chi connectivity index (χ3n) is 5.05. The molecular formula is C22H24N4O2S. The summed E-state index contributed by atoms with van der Waals surface area (Å²) in [5.74, 6) is 0.0840. The first kappa shape index (κ1) is 19.4. The van der Waals surface area contributed by atoms with Gasteiger partial charge in [-0.15, -0.1) is 11.3 Å². The minimum Gasteiger partial charge on any atom is -0.338 e. The van der Waals surface area contributed by atoms with Gasteiger partial charge in [-0.3, -0.25) is 4.79 Å². The van der Waals surface area contributed by atoms with Crippen LogP contribution in [0.15, 0.2) is 42.5 Å². The standard InChI is InChI=1S/C22H24N4O2S/c1-13(2)26-12-17(11-20(26)27)24-22(28)23-16-7-5-15(6-8-16)21-25-18-9-4-14(3)10-19(18)29-21/h4-10,13,17H,11-12H2,1-3H3,(H2,23,24,28). The fourth-order valence-electron chi connectivity index (χ4n) is 3.53. The van der Waals surface area contributed by atoms with Gasteiger partial charge >= 0.3 is 6.03 Å². The molecule has 0 saturated carbocycles. The van der Waals surface area contributed by atoms with E-state index in [0.29, 0.717) is 18.7 Å². The number of nitrogens with zero attached hydrogens (tertiary/aromatic N) is 2. The Kier molecular flexibility index (Phi) is 5.24. The zero-order valence-electron chi connectivity index (χ0n) is 16.7. The minimum absolute atomic E-state index is 0.0840. The fourth-order valence-corrected chi connectivity index (χ4v) is 4.60. The number of amides is 3. The zero-order chi connectivity index (χ0) is 20.5. The third kappa shape index (κ3) is 4.24. The van der Waals surface area contributed by atoms with E-state index >= 15 is 0 Å². The number of fused-ring (bicyclic) bond motifs is 1. The summed E-state index contributed by atoms with van der Waals surface area (Å²) < 4.78 is 1.17. The number of urea groups is 1. The van der Waals surface area contributed by atoms with Crippen molar-refractivity contribution in [3.8, 4) is 10.6 Å². The van der Waals surface area contributed by atoms with Gasteiger partial charge in [0.25, 0.3) is 0 Å². The lowest BCUT2D eigenvalue weighted by Crippen LogP contribution is -2.40. The van der Waals surface area contributed by atoms with Crippen molar-refractivity contribution in [2.45, 2.75) is 39.3 Å². The van der Waals surface area contributed by atoms with E-state index in [0.717, 1.165) is 16.1 Å². The Morgan fingerprint density at radius 3 is 2.66 bits per heavy atom.